The van der Waals surface area contributed by atoms with Crippen LogP contribution in [0.1, 0.15) is 49.2 Å². The highest BCUT2D eigenvalue weighted by atomic mass is 79.9. The van der Waals surface area contributed by atoms with Crippen molar-refractivity contribution in [2.75, 3.05) is 28.4 Å². The molecule has 0 spiro atoms. The third-order valence-electron chi connectivity index (χ3n) is 23.2. The van der Waals surface area contributed by atoms with Gasteiger partial charge in [0.05, 0.1) is 33.3 Å². The first kappa shape index (κ1) is 95.0. The average molecular weight is 2050 g/mol. The molecule has 17 aromatic carbocycles. The van der Waals surface area contributed by atoms with Gasteiger partial charge < -0.3 is 33.3 Å². The highest BCUT2D eigenvalue weighted by Gasteiger charge is 2.48. The quantitative estimate of drug-likeness (QED) is 0.0652. The maximum Gasteiger partial charge on any atom is 0.534 e. The van der Waals surface area contributed by atoms with Gasteiger partial charge in [-0.15, -0.1) is 90.7 Å². The highest BCUT2D eigenvalue weighted by molar-refractivity contribution is 9.10. The SMILES string of the molecule is Brc1csc2ccccc12.COc1ccc(C(O)c2csc3ccccc23)cc1.COc1ccc(Cc2c(C=O)sc3ccccc23)cc1.COc1ccc(Cc2csc3ccccc23)cc1.COc1ccc2cc3c(cc2c1)sc1ccccc13.O=S(=O)(Oc1ccc2cc3c(cc2c1)sc1ccccc13)C(F)(F)F.Oc1ccc2cc3c(cc2c1)sc1ccccc13.c1ccc2sccc2c1. The second-order valence-electron chi connectivity index (χ2n) is 31.8. The summed E-state index contributed by atoms with van der Waals surface area (Å²) in [6, 6.07) is 121. The molecular formula is C115H84BrF3O10S9. The largest absolute Gasteiger partial charge is 0.534 e. The number of fused-ring (bicyclic) bond motifs is 17. The van der Waals surface area contributed by atoms with Gasteiger partial charge in [-0.1, -0.05) is 200 Å². The molecule has 0 radical (unpaired) electrons. The Kier molecular flexibility index (Phi) is 29.7. The Balaban J connectivity index is 0.000000106. The van der Waals surface area contributed by atoms with Crippen LogP contribution >= 0.6 is 107 Å². The Morgan fingerprint density at radius 2 is 0.732 bits per heavy atom. The van der Waals surface area contributed by atoms with Crippen molar-refractivity contribution in [2.24, 2.45) is 0 Å². The van der Waals surface area contributed by atoms with E-state index in [0.717, 1.165) is 105 Å². The molecular weight excluding hydrogens is 1970 g/mol. The van der Waals surface area contributed by atoms with Crippen molar-refractivity contribution in [3.05, 3.63) is 428 Å². The van der Waals surface area contributed by atoms with Crippen LogP contribution in [-0.2, 0) is 23.0 Å². The van der Waals surface area contributed by atoms with Crippen LogP contribution in [0.15, 0.2) is 390 Å². The van der Waals surface area contributed by atoms with Gasteiger partial charge in [0.2, 0.25) is 0 Å². The van der Waals surface area contributed by atoms with Gasteiger partial charge in [-0.3, -0.25) is 4.79 Å². The van der Waals surface area contributed by atoms with Crippen molar-refractivity contribution in [3.8, 4) is 34.5 Å². The summed E-state index contributed by atoms with van der Waals surface area (Å²) in [5.74, 6) is 3.42. The minimum atomic E-state index is -5.68. The second kappa shape index (κ2) is 43.1. The lowest BCUT2D eigenvalue weighted by molar-refractivity contribution is -0.0500. The van der Waals surface area contributed by atoms with Crippen molar-refractivity contribution < 1.29 is 59.7 Å². The number of aldehydes is 1. The molecule has 0 aliphatic rings. The van der Waals surface area contributed by atoms with E-state index in [1.807, 2.05) is 174 Å². The fourth-order valence-electron chi connectivity index (χ4n) is 16.2. The number of phenolic OH excluding ortho intramolecular Hbond substituents is 1. The first-order chi connectivity index (χ1) is 67.2. The molecule has 25 rings (SSSR count). The zero-order valence-corrected chi connectivity index (χ0v) is 83.3. The summed E-state index contributed by atoms with van der Waals surface area (Å²) in [5, 5.41) is 48.5. The smallest absolute Gasteiger partial charge is 0.508 e. The number of aliphatic hydroxyl groups is 1. The molecule has 10 nitrogen and oxygen atoms in total. The Morgan fingerprint density at radius 1 is 0.341 bits per heavy atom. The van der Waals surface area contributed by atoms with E-state index in [9.17, 15) is 36.6 Å². The van der Waals surface area contributed by atoms with Crippen molar-refractivity contribution in [1.82, 2.24) is 0 Å². The molecule has 8 heterocycles. The standard InChI is InChI=1S/C17H9F3O3S2.C17H14O2S.C17H12OS.C16H14O2S.C16H10OS.C16H14OS.C8H5BrS.C8H6S/c18-17(19,20)25(21,22)23-12-6-5-10-8-14-13-3-1-2-4-15(13)24-16(14)9-11(10)7-12;1-19-13-8-6-12(7-9-13)10-15-14-4-2-3-5-16(14)20-17(15)11-18;1-18-13-7-6-11-9-15-14-4-2-3-5-16(14)19-17(15)10-12(11)8-13;1-18-12-8-6-11(7-9-12)16(17)14-10-19-15-5-3-2-4-13(14)15;17-12-6-5-10-8-14-13-3-1-2-4-15(13)18-16(14)9-11(10)7-12;1-17-14-8-6-12(7-9-14)10-13-11-18-16-5-3-2-4-15(13)16;9-7-5-10-8-4-2-1-3-6(7)8;1-2-4-8-7(3-1)5-6-9-8/h1-9H;2-9,11H,10H2,1H3;2-10H,1H3;2-10,16-17H,1H3;1-9,17H;2-9,11H,10H2,1H3;1-5H;1-6H. The molecule has 8 aromatic heterocycles. The van der Waals surface area contributed by atoms with E-state index in [4.69, 9.17) is 18.9 Å². The fraction of sp³-hybridized carbons (Fsp3) is 0.0696. The topological polar surface area (TPSA) is 138 Å². The van der Waals surface area contributed by atoms with E-state index in [2.05, 4.69) is 230 Å². The Labute approximate surface area is 834 Å². The average Bonchev–Trinajstić information content (AvgIpc) is 1.58. The van der Waals surface area contributed by atoms with Gasteiger partial charge >= 0.3 is 15.6 Å². The predicted molar refractivity (Wildman–Crippen MR) is 585 cm³/mol. The number of benzene rings is 17. The molecule has 23 heteroatoms. The third kappa shape index (κ3) is 21.8. The molecule has 1 atom stereocenters. The molecule has 0 saturated carbocycles. The van der Waals surface area contributed by atoms with Gasteiger partial charge in [0.1, 0.15) is 40.6 Å². The van der Waals surface area contributed by atoms with Crippen LogP contribution in [0.5, 0.6) is 34.5 Å². The number of aliphatic hydroxyl groups excluding tert-OH is 1. The number of alkyl halides is 3. The number of methoxy groups -OCH3 is 4. The summed E-state index contributed by atoms with van der Waals surface area (Å²) >= 11 is 17.3. The van der Waals surface area contributed by atoms with E-state index in [1.165, 1.54) is 130 Å². The monoisotopic (exact) mass is 2050 g/mol. The Bertz CT molecular complexity index is 8710. The number of ether oxygens (including phenoxy) is 4. The van der Waals surface area contributed by atoms with E-state index in [1.54, 1.807) is 109 Å². The summed E-state index contributed by atoms with van der Waals surface area (Å²) in [7, 11) is 1.02. The lowest BCUT2D eigenvalue weighted by Gasteiger charge is -2.11. The maximum atomic E-state index is 12.4. The predicted octanol–water partition coefficient (Wildman–Crippen LogP) is 34.9. The van der Waals surface area contributed by atoms with Crippen LogP contribution in [0, 0.1) is 0 Å². The van der Waals surface area contributed by atoms with Crippen LogP contribution in [0.3, 0.4) is 0 Å². The van der Waals surface area contributed by atoms with Gasteiger partial charge in [-0.2, -0.15) is 21.6 Å². The first-order valence-electron chi connectivity index (χ1n) is 43.5. The lowest BCUT2D eigenvalue weighted by atomic mass is 10.0. The Morgan fingerprint density at radius 3 is 1.23 bits per heavy atom. The van der Waals surface area contributed by atoms with Crippen molar-refractivity contribution in [3.63, 3.8) is 0 Å². The molecule has 686 valence electrons. The van der Waals surface area contributed by atoms with Gasteiger partial charge in [-0.05, 0) is 290 Å². The zero-order chi connectivity index (χ0) is 95.4. The summed E-state index contributed by atoms with van der Waals surface area (Å²) in [6.45, 7) is 0. The normalized spacial score (nSPS) is 11.5. The maximum absolute atomic E-state index is 12.4. The summed E-state index contributed by atoms with van der Waals surface area (Å²) in [4.78, 5) is 12.1. The molecule has 2 N–H and O–H groups in total. The fourth-order valence-corrected chi connectivity index (χ4v) is 25.4. The molecule has 0 fully saturated rings. The van der Waals surface area contributed by atoms with Crippen LogP contribution in [-0.4, -0.2) is 58.9 Å². The van der Waals surface area contributed by atoms with Gasteiger partial charge in [0, 0.05) is 105 Å². The van der Waals surface area contributed by atoms with Gasteiger partial charge in [0.25, 0.3) is 0 Å². The van der Waals surface area contributed by atoms with Crippen LogP contribution < -0.4 is 23.1 Å². The Hall–Kier alpha value is -13.4. The lowest BCUT2D eigenvalue weighted by Crippen LogP contribution is -2.28. The number of thiophene rings is 8. The zero-order valence-electron chi connectivity index (χ0n) is 74.4. The second-order valence-corrected chi connectivity index (χ2v) is 42.3. The van der Waals surface area contributed by atoms with E-state index in [0.29, 0.717) is 11.1 Å². The van der Waals surface area contributed by atoms with Crippen LogP contribution in [0.25, 0.3) is 143 Å². The van der Waals surface area contributed by atoms with Crippen LogP contribution in [0.2, 0.25) is 0 Å². The number of hydrogen-bond acceptors (Lipinski definition) is 18. The van der Waals surface area contributed by atoms with Gasteiger partial charge in [-0.25, -0.2) is 0 Å². The first-order valence-corrected chi connectivity index (χ1v) is 52.5. The highest BCUT2D eigenvalue weighted by Crippen LogP contribution is 2.44. The number of rotatable bonds is 13. The van der Waals surface area contributed by atoms with Gasteiger partial charge in [0.15, 0.2) is 6.29 Å². The summed E-state index contributed by atoms with van der Waals surface area (Å²) < 4.78 is 99.6. The van der Waals surface area contributed by atoms with E-state index >= 15 is 0 Å². The minimum Gasteiger partial charge on any atom is -0.508 e. The number of carbonyl (C=O) groups is 1. The van der Waals surface area contributed by atoms with E-state index < -0.39 is 21.7 Å². The number of halogens is 4. The number of carbonyl (C=O) groups excluding carboxylic acids is 1. The number of hydrogen-bond donors (Lipinski definition) is 2. The summed E-state index contributed by atoms with van der Waals surface area (Å²) in [5.41, 5.74) is 1.40. The number of phenols is 1. The molecule has 0 amide bonds. The third-order valence-corrected chi connectivity index (χ3v) is 33.5. The van der Waals surface area contributed by atoms with Crippen molar-refractivity contribution >= 4 is 266 Å². The molecule has 25 aromatic rings. The molecule has 1 unspecified atom stereocenters. The number of aromatic hydroxyl groups is 1. The molecule has 0 bridgehead atoms. The molecule has 0 aliphatic heterocycles. The molecule has 0 aliphatic carbocycles. The van der Waals surface area contributed by atoms with Crippen molar-refractivity contribution in [2.45, 2.75) is 24.5 Å². The molecule has 138 heavy (non-hydrogen) atoms. The minimum absolute atomic E-state index is 0.322. The summed E-state index contributed by atoms with van der Waals surface area (Å²) in [6.07, 6.45) is 2.11. The van der Waals surface area contributed by atoms with Crippen LogP contribution in [0.4, 0.5) is 13.2 Å². The van der Waals surface area contributed by atoms with E-state index in [-0.39, 0.29) is 5.75 Å². The van der Waals surface area contributed by atoms with Crippen molar-refractivity contribution in [1.29, 1.82) is 0 Å². The molecule has 0 saturated heterocycles.